The summed E-state index contributed by atoms with van der Waals surface area (Å²) in [5, 5.41) is 2.96. The van der Waals surface area contributed by atoms with E-state index in [1.807, 2.05) is 25.3 Å². The Balaban J connectivity index is 1.42. The largest absolute Gasteiger partial charge is 0.348 e. The number of rotatable bonds is 6. The van der Waals surface area contributed by atoms with E-state index in [4.69, 9.17) is 0 Å². The van der Waals surface area contributed by atoms with E-state index >= 15 is 0 Å². The standard InChI is InChI=1S/C22H24N4O3S/c1-16-23-9-11-25(16)15-18-5-3-4-17(12-18)14-24-22(27)20-6-7-21-19(13-20)8-10-26(21)30(2,28)29/h3-7,9,11-13H,8,10,14-15H2,1-2H3,(H,24,27). The van der Waals surface area contributed by atoms with Gasteiger partial charge in [0.1, 0.15) is 5.82 Å². The van der Waals surface area contributed by atoms with Crippen LogP contribution >= 0.6 is 0 Å². The number of hydrogen-bond acceptors (Lipinski definition) is 4. The maximum Gasteiger partial charge on any atom is 0.251 e. The lowest BCUT2D eigenvalue weighted by Gasteiger charge is -2.16. The van der Waals surface area contributed by atoms with Crippen molar-refractivity contribution in [3.8, 4) is 0 Å². The Morgan fingerprint density at radius 2 is 1.97 bits per heavy atom. The molecule has 156 valence electrons. The summed E-state index contributed by atoms with van der Waals surface area (Å²) >= 11 is 0. The van der Waals surface area contributed by atoms with Gasteiger partial charge >= 0.3 is 0 Å². The van der Waals surface area contributed by atoms with Crippen molar-refractivity contribution >= 4 is 21.6 Å². The molecular weight excluding hydrogens is 400 g/mol. The first-order valence-corrected chi connectivity index (χ1v) is 11.6. The first-order chi connectivity index (χ1) is 14.3. The first kappa shape index (κ1) is 20.2. The second kappa shape index (κ2) is 7.95. The zero-order chi connectivity index (χ0) is 21.3. The number of imidazole rings is 1. The number of hydrogen-bond donors (Lipinski definition) is 1. The Bertz CT molecular complexity index is 1200. The average molecular weight is 425 g/mol. The summed E-state index contributed by atoms with van der Waals surface area (Å²) in [5.41, 5.74) is 4.24. The molecule has 0 bridgehead atoms. The highest BCUT2D eigenvalue weighted by Gasteiger charge is 2.26. The lowest BCUT2D eigenvalue weighted by molar-refractivity contribution is 0.0951. The third-order valence-electron chi connectivity index (χ3n) is 5.32. The minimum Gasteiger partial charge on any atom is -0.348 e. The van der Waals surface area contributed by atoms with Gasteiger partial charge in [-0.2, -0.15) is 0 Å². The number of aryl methyl sites for hydroxylation is 1. The summed E-state index contributed by atoms with van der Waals surface area (Å²) in [6.07, 6.45) is 5.54. The van der Waals surface area contributed by atoms with Gasteiger partial charge < -0.3 is 9.88 Å². The molecule has 4 rings (SSSR count). The smallest absolute Gasteiger partial charge is 0.251 e. The van der Waals surface area contributed by atoms with E-state index in [0.29, 0.717) is 30.8 Å². The van der Waals surface area contributed by atoms with Gasteiger partial charge in [-0.25, -0.2) is 13.4 Å². The van der Waals surface area contributed by atoms with Crippen molar-refractivity contribution in [3.05, 3.63) is 82.9 Å². The van der Waals surface area contributed by atoms with Gasteiger partial charge in [0.05, 0.1) is 11.9 Å². The van der Waals surface area contributed by atoms with Crippen molar-refractivity contribution in [3.63, 3.8) is 0 Å². The summed E-state index contributed by atoms with van der Waals surface area (Å²) in [7, 11) is -3.29. The number of amides is 1. The molecule has 0 spiro atoms. The highest BCUT2D eigenvalue weighted by atomic mass is 32.2. The van der Waals surface area contributed by atoms with Crippen LogP contribution in [0.3, 0.4) is 0 Å². The van der Waals surface area contributed by atoms with E-state index in [1.165, 1.54) is 10.6 Å². The van der Waals surface area contributed by atoms with E-state index in [0.717, 1.165) is 29.1 Å². The van der Waals surface area contributed by atoms with Gasteiger partial charge in [0.25, 0.3) is 5.91 Å². The Kier molecular flexibility index (Phi) is 5.34. The molecule has 3 aromatic rings. The average Bonchev–Trinajstić information content (AvgIpc) is 3.32. The van der Waals surface area contributed by atoms with Gasteiger partial charge in [-0.15, -0.1) is 0 Å². The van der Waals surface area contributed by atoms with Crippen molar-refractivity contribution in [2.24, 2.45) is 0 Å². The Hall–Kier alpha value is -3.13. The molecule has 0 saturated heterocycles. The van der Waals surface area contributed by atoms with E-state index < -0.39 is 10.0 Å². The molecule has 8 heteroatoms. The number of sulfonamides is 1. The fraction of sp³-hybridized carbons (Fsp3) is 0.273. The van der Waals surface area contributed by atoms with E-state index in [9.17, 15) is 13.2 Å². The van der Waals surface area contributed by atoms with Crippen LogP contribution in [0.4, 0.5) is 5.69 Å². The van der Waals surface area contributed by atoms with Crippen molar-refractivity contribution in [1.82, 2.24) is 14.9 Å². The molecule has 1 aliphatic heterocycles. The van der Waals surface area contributed by atoms with Crippen LogP contribution in [0.25, 0.3) is 0 Å². The van der Waals surface area contributed by atoms with Crippen LogP contribution in [0.5, 0.6) is 0 Å². The molecule has 1 aliphatic rings. The normalized spacial score (nSPS) is 13.3. The molecule has 7 nitrogen and oxygen atoms in total. The molecule has 0 saturated carbocycles. The summed E-state index contributed by atoms with van der Waals surface area (Å²) in [6, 6.07) is 13.3. The van der Waals surface area contributed by atoms with Crippen LogP contribution < -0.4 is 9.62 Å². The number of nitrogens with one attached hydrogen (secondary N) is 1. The molecule has 30 heavy (non-hydrogen) atoms. The highest BCUT2D eigenvalue weighted by molar-refractivity contribution is 7.92. The topological polar surface area (TPSA) is 84.3 Å². The summed E-state index contributed by atoms with van der Waals surface area (Å²) in [6.45, 7) is 3.54. The quantitative estimate of drug-likeness (QED) is 0.659. The van der Waals surface area contributed by atoms with E-state index in [2.05, 4.69) is 27.0 Å². The predicted octanol–water partition coefficient (Wildman–Crippen LogP) is 2.49. The summed E-state index contributed by atoms with van der Waals surface area (Å²) in [5.74, 6) is 0.784. The third-order valence-corrected chi connectivity index (χ3v) is 6.50. The van der Waals surface area contributed by atoms with Gasteiger partial charge in [-0.3, -0.25) is 9.10 Å². The minimum absolute atomic E-state index is 0.175. The van der Waals surface area contributed by atoms with Gasteiger partial charge in [0.2, 0.25) is 10.0 Å². The van der Waals surface area contributed by atoms with Gasteiger partial charge in [0.15, 0.2) is 0 Å². The maximum absolute atomic E-state index is 12.6. The Morgan fingerprint density at radius 1 is 1.17 bits per heavy atom. The Labute approximate surface area is 176 Å². The van der Waals surface area contributed by atoms with Crippen LogP contribution in [-0.2, 0) is 29.5 Å². The van der Waals surface area contributed by atoms with Crippen LogP contribution in [0, 0.1) is 6.92 Å². The molecule has 0 unspecified atom stereocenters. The van der Waals surface area contributed by atoms with E-state index in [-0.39, 0.29) is 5.91 Å². The highest BCUT2D eigenvalue weighted by Crippen LogP contribution is 2.30. The van der Waals surface area contributed by atoms with Gasteiger partial charge in [-0.1, -0.05) is 24.3 Å². The lowest BCUT2D eigenvalue weighted by atomic mass is 10.1. The maximum atomic E-state index is 12.6. The molecule has 0 fully saturated rings. The molecule has 0 radical (unpaired) electrons. The number of benzene rings is 2. The lowest BCUT2D eigenvalue weighted by Crippen LogP contribution is -2.27. The van der Waals surface area contributed by atoms with Crippen LogP contribution in [0.1, 0.15) is 32.9 Å². The zero-order valence-electron chi connectivity index (χ0n) is 17.0. The third kappa shape index (κ3) is 4.23. The van der Waals surface area contributed by atoms with Crippen molar-refractivity contribution in [2.45, 2.75) is 26.4 Å². The minimum atomic E-state index is -3.29. The number of aromatic nitrogens is 2. The van der Waals surface area contributed by atoms with Gasteiger partial charge in [-0.05, 0) is 48.2 Å². The number of carbonyl (C=O) groups is 1. The van der Waals surface area contributed by atoms with Crippen LogP contribution in [0.2, 0.25) is 0 Å². The molecule has 2 heterocycles. The number of nitrogens with zero attached hydrogens (tertiary/aromatic N) is 3. The monoisotopic (exact) mass is 424 g/mol. The molecule has 0 aliphatic carbocycles. The molecule has 0 atom stereocenters. The molecule has 1 amide bonds. The second-order valence-corrected chi connectivity index (χ2v) is 9.44. The first-order valence-electron chi connectivity index (χ1n) is 9.75. The Morgan fingerprint density at radius 3 is 2.70 bits per heavy atom. The molecule has 1 N–H and O–H groups in total. The van der Waals surface area contributed by atoms with E-state index in [1.54, 1.807) is 24.4 Å². The molecule has 2 aromatic carbocycles. The zero-order valence-corrected chi connectivity index (χ0v) is 17.8. The summed E-state index contributed by atoms with van der Waals surface area (Å²) in [4.78, 5) is 16.9. The van der Waals surface area contributed by atoms with Crippen LogP contribution in [-0.4, -0.2) is 36.7 Å². The summed E-state index contributed by atoms with van der Waals surface area (Å²) < 4.78 is 27.2. The van der Waals surface area contributed by atoms with Crippen LogP contribution in [0.15, 0.2) is 54.9 Å². The van der Waals surface area contributed by atoms with Crippen molar-refractivity contribution in [2.75, 3.05) is 17.1 Å². The van der Waals surface area contributed by atoms with Crippen molar-refractivity contribution in [1.29, 1.82) is 0 Å². The van der Waals surface area contributed by atoms with Gasteiger partial charge in [0, 0.05) is 37.6 Å². The number of anilines is 1. The molecule has 1 aromatic heterocycles. The fourth-order valence-corrected chi connectivity index (χ4v) is 4.71. The number of fused-ring (bicyclic) bond motifs is 1. The fourth-order valence-electron chi connectivity index (χ4n) is 3.75. The predicted molar refractivity (Wildman–Crippen MR) is 116 cm³/mol. The van der Waals surface area contributed by atoms with Crippen molar-refractivity contribution < 1.29 is 13.2 Å². The second-order valence-electron chi connectivity index (χ2n) is 7.53. The number of carbonyl (C=O) groups excluding carboxylic acids is 1. The molecular formula is C22H24N4O3S. The SMILES string of the molecule is Cc1nccn1Cc1cccc(CNC(=O)c2ccc3c(c2)CCN3S(C)(=O)=O)c1.